The Kier molecular flexibility index (Phi) is 5.72. The average molecular weight is 398 g/mol. The van der Waals surface area contributed by atoms with E-state index in [4.69, 9.17) is 0 Å². The molecule has 0 aliphatic heterocycles. The number of para-hydroxylation sites is 1. The van der Waals surface area contributed by atoms with Gasteiger partial charge in [-0.25, -0.2) is 0 Å². The van der Waals surface area contributed by atoms with E-state index in [1.54, 1.807) is 11.8 Å². The average Bonchev–Trinajstić information content (AvgIpc) is 2.63. The van der Waals surface area contributed by atoms with Gasteiger partial charge in [-0.05, 0) is 45.8 Å². The summed E-state index contributed by atoms with van der Waals surface area (Å²) in [4.78, 5) is 14.0. The third-order valence-corrected chi connectivity index (χ3v) is 5.43. The molecule has 1 N–H and O–H groups in total. The van der Waals surface area contributed by atoms with Crippen LogP contribution in [0, 0.1) is 0 Å². The van der Waals surface area contributed by atoms with Gasteiger partial charge < -0.3 is 5.32 Å². The van der Waals surface area contributed by atoms with Gasteiger partial charge in [-0.3, -0.25) is 4.79 Å². The predicted molar refractivity (Wildman–Crippen MR) is 104 cm³/mol. The number of rotatable bonds is 5. The second-order valence-corrected chi connectivity index (χ2v) is 7.22. The van der Waals surface area contributed by atoms with E-state index in [0.29, 0.717) is 0 Å². The molecular weight excluding hydrogens is 382 g/mol. The Hall–Kier alpha value is -2.04. The van der Waals surface area contributed by atoms with Gasteiger partial charge in [0.1, 0.15) is 5.25 Å². The minimum absolute atomic E-state index is 0.0399. The van der Waals surface area contributed by atoms with Crippen molar-refractivity contribution in [2.24, 2.45) is 0 Å². The lowest BCUT2D eigenvalue weighted by Gasteiger charge is -2.17. The van der Waals surface area contributed by atoms with Crippen LogP contribution in [0.2, 0.25) is 0 Å². The van der Waals surface area contributed by atoms with Crippen LogP contribution in [0.1, 0.15) is 10.8 Å². The van der Waals surface area contributed by atoms with Crippen molar-refractivity contribution >= 4 is 39.3 Å². The van der Waals surface area contributed by atoms with Crippen molar-refractivity contribution in [3.63, 3.8) is 0 Å². The smallest absolute Gasteiger partial charge is 0.242 e. The van der Waals surface area contributed by atoms with Crippen LogP contribution < -0.4 is 5.32 Å². The van der Waals surface area contributed by atoms with E-state index in [0.717, 1.165) is 20.6 Å². The highest BCUT2D eigenvalue weighted by Gasteiger charge is 2.22. The van der Waals surface area contributed by atoms with E-state index >= 15 is 0 Å². The molecule has 1 unspecified atom stereocenters. The fourth-order valence-corrected chi connectivity index (χ4v) is 3.73. The molecule has 2 nitrogen and oxygen atoms in total. The Bertz CT molecular complexity index is 808. The summed E-state index contributed by atoms with van der Waals surface area (Å²) in [5, 5.41) is 2.70. The molecule has 0 aromatic heterocycles. The van der Waals surface area contributed by atoms with E-state index in [1.807, 2.05) is 84.9 Å². The number of carbonyl (C=O) groups excluding carboxylic acids is 1. The quantitative estimate of drug-likeness (QED) is 0.541. The van der Waals surface area contributed by atoms with E-state index in [9.17, 15) is 4.79 Å². The zero-order valence-corrected chi connectivity index (χ0v) is 15.3. The monoisotopic (exact) mass is 397 g/mol. The van der Waals surface area contributed by atoms with Crippen LogP contribution in [-0.2, 0) is 4.79 Å². The van der Waals surface area contributed by atoms with E-state index in [-0.39, 0.29) is 11.2 Å². The minimum Gasteiger partial charge on any atom is -0.324 e. The maximum Gasteiger partial charge on any atom is 0.242 e. The highest BCUT2D eigenvalue weighted by molar-refractivity contribution is 9.10. The first kappa shape index (κ1) is 16.8. The van der Waals surface area contributed by atoms with Crippen LogP contribution in [0.5, 0.6) is 0 Å². The van der Waals surface area contributed by atoms with Crippen molar-refractivity contribution in [2.45, 2.75) is 10.1 Å². The number of hydrogen-bond acceptors (Lipinski definition) is 2. The number of hydrogen-bond donors (Lipinski definition) is 1. The molecule has 24 heavy (non-hydrogen) atoms. The van der Waals surface area contributed by atoms with Crippen molar-refractivity contribution in [3.05, 3.63) is 95.0 Å². The summed E-state index contributed by atoms with van der Waals surface area (Å²) in [7, 11) is 0. The summed E-state index contributed by atoms with van der Waals surface area (Å²) in [6.07, 6.45) is 0. The highest BCUT2D eigenvalue weighted by atomic mass is 79.9. The number of thioether (sulfide) groups is 1. The molecule has 3 aromatic rings. The number of nitrogens with one attached hydrogen (secondary N) is 1. The van der Waals surface area contributed by atoms with Gasteiger partial charge in [-0.2, -0.15) is 0 Å². The maximum atomic E-state index is 12.9. The lowest BCUT2D eigenvalue weighted by molar-refractivity contribution is -0.115. The number of anilines is 1. The van der Waals surface area contributed by atoms with Crippen molar-refractivity contribution < 1.29 is 4.79 Å². The van der Waals surface area contributed by atoms with Gasteiger partial charge in [0.05, 0.1) is 5.69 Å². The lowest BCUT2D eigenvalue weighted by Crippen LogP contribution is -2.19. The normalized spacial score (nSPS) is 11.7. The van der Waals surface area contributed by atoms with E-state index < -0.39 is 0 Å². The van der Waals surface area contributed by atoms with Crippen molar-refractivity contribution in [1.29, 1.82) is 0 Å². The molecule has 120 valence electrons. The molecule has 0 saturated heterocycles. The summed E-state index contributed by atoms with van der Waals surface area (Å²) in [5.74, 6) is -0.0399. The standard InChI is InChI=1S/C20H16BrNOS/c21-17-13-7-8-14-18(17)22-20(23)19(15-9-3-1-4-10-15)24-16-11-5-2-6-12-16/h1-14,19H,(H,22,23). The topological polar surface area (TPSA) is 29.1 Å². The minimum atomic E-state index is -0.319. The second-order valence-electron chi connectivity index (χ2n) is 5.19. The molecule has 3 rings (SSSR count). The molecule has 0 aliphatic carbocycles. The molecule has 0 radical (unpaired) electrons. The first-order valence-electron chi connectivity index (χ1n) is 7.56. The Morgan fingerprint density at radius 3 is 2.08 bits per heavy atom. The van der Waals surface area contributed by atoms with Gasteiger partial charge in [0, 0.05) is 9.37 Å². The van der Waals surface area contributed by atoms with Crippen LogP contribution in [0.4, 0.5) is 5.69 Å². The number of carbonyl (C=O) groups is 1. The van der Waals surface area contributed by atoms with Gasteiger partial charge in [0.15, 0.2) is 0 Å². The Labute approximate surface area is 154 Å². The molecule has 4 heteroatoms. The van der Waals surface area contributed by atoms with Gasteiger partial charge in [0.25, 0.3) is 0 Å². The third-order valence-electron chi connectivity index (χ3n) is 3.47. The van der Waals surface area contributed by atoms with Crippen molar-refractivity contribution in [3.8, 4) is 0 Å². The number of amides is 1. The number of halogens is 1. The molecule has 0 aliphatic rings. The SMILES string of the molecule is O=C(Nc1ccccc1Br)C(Sc1ccccc1)c1ccccc1. The van der Waals surface area contributed by atoms with Crippen LogP contribution in [0.15, 0.2) is 94.3 Å². The molecule has 0 heterocycles. The van der Waals surface area contributed by atoms with Gasteiger partial charge >= 0.3 is 0 Å². The Balaban J connectivity index is 1.87. The molecule has 0 spiro atoms. The molecule has 0 fully saturated rings. The molecule has 0 bridgehead atoms. The van der Waals surface area contributed by atoms with Gasteiger partial charge in [-0.1, -0.05) is 60.7 Å². The third kappa shape index (κ3) is 4.28. The molecule has 1 atom stereocenters. The first-order valence-corrected chi connectivity index (χ1v) is 9.23. The predicted octanol–water partition coefficient (Wildman–Crippen LogP) is 5.92. The maximum absolute atomic E-state index is 12.9. The molecular formula is C20H16BrNOS. The van der Waals surface area contributed by atoms with Gasteiger partial charge in [0.2, 0.25) is 5.91 Å². The summed E-state index contributed by atoms with van der Waals surface area (Å²) in [5.41, 5.74) is 1.76. The largest absolute Gasteiger partial charge is 0.324 e. The zero-order chi connectivity index (χ0) is 16.8. The Morgan fingerprint density at radius 1 is 0.833 bits per heavy atom. The summed E-state index contributed by atoms with van der Waals surface area (Å²) in [6.45, 7) is 0. The zero-order valence-electron chi connectivity index (χ0n) is 12.9. The van der Waals surface area contributed by atoms with E-state index in [1.165, 1.54) is 0 Å². The molecule has 3 aromatic carbocycles. The van der Waals surface area contributed by atoms with Crippen LogP contribution in [0.25, 0.3) is 0 Å². The summed E-state index contributed by atoms with van der Waals surface area (Å²) in [6, 6.07) is 27.5. The van der Waals surface area contributed by atoms with Gasteiger partial charge in [-0.15, -0.1) is 11.8 Å². The lowest BCUT2D eigenvalue weighted by atomic mass is 10.1. The fraction of sp³-hybridized carbons (Fsp3) is 0.0500. The van der Waals surface area contributed by atoms with E-state index in [2.05, 4.69) is 21.2 Å². The van der Waals surface area contributed by atoms with Crippen LogP contribution in [-0.4, -0.2) is 5.91 Å². The summed E-state index contributed by atoms with van der Waals surface area (Å²) >= 11 is 5.02. The molecule has 1 amide bonds. The first-order chi connectivity index (χ1) is 11.7. The highest BCUT2D eigenvalue weighted by Crippen LogP contribution is 2.36. The summed E-state index contributed by atoms with van der Waals surface area (Å²) < 4.78 is 0.870. The second kappa shape index (κ2) is 8.18. The van der Waals surface area contributed by atoms with Crippen LogP contribution >= 0.6 is 27.7 Å². The van der Waals surface area contributed by atoms with Crippen molar-refractivity contribution in [1.82, 2.24) is 0 Å². The number of benzene rings is 3. The molecule has 0 saturated carbocycles. The Morgan fingerprint density at radius 2 is 1.42 bits per heavy atom. The van der Waals surface area contributed by atoms with Crippen molar-refractivity contribution in [2.75, 3.05) is 5.32 Å². The fourth-order valence-electron chi connectivity index (χ4n) is 2.30. The van der Waals surface area contributed by atoms with Crippen LogP contribution in [0.3, 0.4) is 0 Å².